The fraction of sp³-hybridized carbons (Fsp3) is 0.286. The molecule has 2 aromatic rings. The Bertz CT molecular complexity index is 918. The number of hydrogen-bond acceptors (Lipinski definition) is 6. The Morgan fingerprint density at radius 2 is 1.83 bits per heavy atom. The lowest BCUT2D eigenvalue weighted by atomic mass is 9.94. The highest BCUT2D eigenvalue weighted by atomic mass is 32.2. The molecule has 152 valence electrons. The van der Waals surface area contributed by atoms with Gasteiger partial charge in [0.2, 0.25) is 11.8 Å². The van der Waals surface area contributed by atoms with E-state index in [-0.39, 0.29) is 24.2 Å². The van der Waals surface area contributed by atoms with Crippen LogP contribution in [0.25, 0.3) is 0 Å². The Labute approximate surface area is 173 Å². The summed E-state index contributed by atoms with van der Waals surface area (Å²) < 4.78 is 4.95. The van der Waals surface area contributed by atoms with E-state index in [0.717, 1.165) is 16.0 Å². The predicted molar refractivity (Wildman–Crippen MR) is 111 cm³/mol. The Kier molecular flexibility index (Phi) is 6.90. The molecule has 0 aromatic heterocycles. The van der Waals surface area contributed by atoms with Crippen LogP contribution in [0.5, 0.6) is 0 Å². The topological polar surface area (TPSA) is 102 Å². The molecule has 1 aliphatic rings. The minimum atomic E-state index is -0.514. The second-order valence-corrected chi connectivity index (χ2v) is 7.73. The molecular weight excluding hydrogens is 390 g/mol. The van der Waals surface area contributed by atoms with Gasteiger partial charge in [0.15, 0.2) is 0 Å². The zero-order valence-corrected chi connectivity index (χ0v) is 16.9. The maximum atomic E-state index is 12.7. The average molecular weight is 413 g/mol. The Morgan fingerprint density at radius 3 is 2.55 bits per heavy atom. The van der Waals surface area contributed by atoms with Gasteiger partial charge in [0, 0.05) is 11.4 Å². The van der Waals surface area contributed by atoms with Crippen LogP contribution in [0.3, 0.4) is 0 Å². The number of amides is 2. The van der Waals surface area contributed by atoms with Gasteiger partial charge in [0.1, 0.15) is 6.04 Å². The monoisotopic (exact) mass is 413 g/mol. The molecule has 0 fully saturated rings. The van der Waals surface area contributed by atoms with E-state index in [1.165, 1.54) is 18.9 Å². The number of hydrogen-bond donors (Lipinski definition) is 2. The first-order valence-electron chi connectivity index (χ1n) is 9.16. The fourth-order valence-corrected chi connectivity index (χ4v) is 4.08. The summed E-state index contributed by atoms with van der Waals surface area (Å²) in [6.07, 6.45) is 0.501. The zero-order chi connectivity index (χ0) is 20.8. The number of carbonyl (C=O) groups is 3. The van der Waals surface area contributed by atoms with Gasteiger partial charge in [0.05, 0.1) is 25.1 Å². The summed E-state index contributed by atoms with van der Waals surface area (Å²) in [4.78, 5) is 38.7. The van der Waals surface area contributed by atoms with E-state index in [0.29, 0.717) is 18.7 Å². The van der Waals surface area contributed by atoms with E-state index in [9.17, 15) is 14.4 Å². The van der Waals surface area contributed by atoms with Crippen molar-refractivity contribution in [1.29, 1.82) is 0 Å². The number of methoxy groups -OCH3 is 1. The standard InChI is InChI=1S/C21H23N3O4S/c1-28-21(27)17-10-14-6-2-3-7-15(14)11-24(17)12-20(26)23-16-8-4-5-9-18(16)29-13-19(22)25/h2-9,17H,10-13H2,1H3,(H2,22,25)(H,23,26)/t17-/m0/s1. The number of anilines is 1. The van der Waals surface area contributed by atoms with Crippen molar-refractivity contribution in [2.24, 2.45) is 5.73 Å². The van der Waals surface area contributed by atoms with Gasteiger partial charge in [0.25, 0.3) is 0 Å². The number of nitrogens with two attached hydrogens (primary N) is 1. The van der Waals surface area contributed by atoms with Crippen molar-refractivity contribution in [2.75, 3.05) is 24.7 Å². The number of primary amides is 1. The minimum Gasteiger partial charge on any atom is -0.468 e. The number of nitrogens with one attached hydrogen (secondary N) is 1. The lowest BCUT2D eigenvalue weighted by Gasteiger charge is -2.34. The van der Waals surface area contributed by atoms with E-state index < -0.39 is 11.9 Å². The lowest BCUT2D eigenvalue weighted by molar-refractivity contribution is -0.148. The highest BCUT2D eigenvalue weighted by Gasteiger charge is 2.33. The summed E-state index contributed by atoms with van der Waals surface area (Å²) in [5, 5.41) is 2.88. The number of esters is 1. The van der Waals surface area contributed by atoms with E-state index in [4.69, 9.17) is 10.5 Å². The van der Waals surface area contributed by atoms with Crippen molar-refractivity contribution in [3.05, 3.63) is 59.7 Å². The number of fused-ring (bicyclic) bond motifs is 1. The fourth-order valence-electron chi connectivity index (χ4n) is 3.33. The van der Waals surface area contributed by atoms with Gasteiger partial charge in [-0.3, -0.25) is 19.3 Å². The van der Waals surface area contributed by atoms with Crippen LogP contribution in [-0.4, -0.2) is 48.1 Å². The second-order valence-electron chi connectivity index (χ2n) is 6.72. The molecule has 8 heteroatoms. The first-order chi connectivity index (χ1) is 14.0. The van der Waals surface area contributed by atoms with E-state index in [1.807, 2.05) is 41.3 Å². The van der Waals surface area contributed by atoms with Crippen LogP contribution in [0.15, 0.2) is 53.4 Å². The molecule has 0 aliphatic carbocycles. The summed E-state index contributed by atoms with van der Waals surface area (Å²) in [6, 6.07) is 14.6. The average Bonchev–Trinajstić information content (AvgIpc) is 2.72. The largest absolute Gasteiger partial charge is 0.468 e. The zero-order valence-electron chi connectivity index (χ0n) is 16.1. The molecule has 0 unspecified atom stereocenters. The molecule has 3 N–H and O–H groups in total. The summed E-state index contributed by atoms with van der Waals surface area (Å²) >= 11 is 1.27. The SMILES string of the molecule is COC(=O)[C@@H]1Cc2ccccc2CN1CC(=O)Nc1ccccc1SCC(N)=O. The second kappa shape index (κ2) is 9.58. The molecule has 1 atom stereocenters. The Hall–Kier alpha value is -2.84. The third-order valence-electron chi connectivity index (χ3n) is 4.70. The molecule has 1 aliphatic heterocycles. The summed E-state index contributed by atoms with van der Waals surface area (Å²) in [5.41, 5.74) is 8.01. The molecule has 7 nitrogen and oxygen atoms in total. The summed E-state index contributed by atoms with van der Waals surface area (Å²) in [5.74, 6) is -0.903. The van der Waals surface area contributed by atoms with Gasteiger partial charge in [-0.25, -0.2) is 0 Å². The van der Waals surface area contributed by atoms with Crippen molar-refractivity contribution in [2.45, 2.75) is 23.9 Å². The molecule has 0 radical (unpaired) electrons. The van der Waals surface area contributed by atoms with E-state index in [1.54, 1.807) is 12.1 Å². The molecule has 0 spiro atoms. The van der Waals surface area contributed by atoms with Crippen LogP contribution in [0.2, 0.25) is 0 Å². The van der Waals surface area contributed by atoms with Gasteiger partial charge in [-0.1, -0.05) is 36.4 Å². The third kappa shape index (κ3) is 5.36. The van der Waals surface area contributed by atoms with Crippen LogP contribution < -0.4 is 11.1 Å². The van der Waals surface area contributed by atoms with Crippen molar-refractivity contribution >= 4 is 35.2 Å². The molecule has 3 rings (SSSR count). The highest BCUT2D eigenvalue weighted by Crippen LogP contribution is 2.27. The lowest BCUT2D eigenvalue weighted by Crippen LogP contribution is -2.49. The minimum absolute atomic E-state index is 0.0446. The first-order valence-corrected chi connectivity index (χ1v) is 10.1. The molecule has 29 heavy (non-hydrogen) atoms. The quantitative estimate of drug-likeness (QED) is 0.530. The number of para-hydroxylation sites is 1. The van der Waals surface area contributed by atoms with E-state index >= 15 is 0 Å². The molecule has 0 saturated heterocycles. The van der Waals surface area contributed by atoms with E-state index in [2.05, 4.69) is 5.32 Å². The molecule has 2 aromatic carbocycles. The normalized spacial score (nSPS) is 16.0. The molecule has 2 amide bonds. The molecule has 0 bridgehead atoms. The smallest absolute Gasteiger partial charge is 0.323 e. The molecule has 1 heterocycles. The van der Waals surface area contributed by atoms with Crippen LogP contribution >= 0.6 is 11.8 Å². The third-order valence-corrected chi connectivity index (χ3v) is 5.79. The molecular formula is C21H23N3O4S. The van der Waals surface area contributed by atoms with Gasteiger partial charge in [-0.2, -0.15) is 0 Å². The van der Waals surface area contributed by atoms with Crippen molar-refractivity contribution in [3.63, 3.8) is 0 Å². The number of carbonyl (C=O) groups excluding carboxylic acids is 3. The summed E-state index contributed by atoms with van der Waals surface area (Å²) in [6.45, 7) is 0.532. The van der Waals surface area contributed by atoms with Crippen LogP contribution in [0.4, 0.5) is 5.69 Å². The number of thioether (sulfide) groups is 1. The van der Waals surface area contributed by atoms with Crippen molar-refractivity contribution < 1.29 is 19.1 Å². The van der Waals surface area contributed by atoms with Crippen LogP contribution in [0.1, 0.15) is 11.1 Å². The Morgan fingerprint density at radius 1 is 1.14 bits per heavy atom. The summed E-state index contributed by atoms with van der Waals surface area (Å²) in [7, 11) is 1.35. The van der Waals surface area contributed by atoms with Crippen LogP contribution in [-0.2, 0) is 32.1 Å². The Balaban J connectivity index is 1.72. The molecule has 0 saturated carbocycles. The van der Waals surface area contributed by atoms with Gasteiger partial charge < -0.3 is 15.8 Å². The highest BCUT2D eigenvalue weighted by molar-refractivity contribution is 8.00. The van der Waals surface area contributed by atoms with Crippen molar-refractivity contribution in [1.82, 2.24) is 4.90 Å². The number of benzene rings is 2. The maximum Gasteiger partial charge on any atom is 0.323 e. The van der Waals surface area contributed by atoms with Gasteiger partial charge >= 0.3 is 5.97 Å². The van der Waals surface area contributed by atoms with Gasteiger partial charge in [-0.05, 0) is 29.7 Å². The predicted octanol–water partition coefficient (Wildman–Crippen LogP) is 1.80. The number of nitrogens with zero attached hydrogens (tertiary/aromatic N) is 1. The number of ether oxygens (including phenoxy) is 1. The van der Waals surface area contributed by atoms with Crippen molar-refractivity contribution in [3.8, 4) is 0 Å². The van der Waals surface area contributed by atoms with Gasteiger partial charge in [-0.15, -0.1) is 11.8 Å². The van der Waals surface area contributed by atoms with Crippen LogP contribution in [0, 0.1) is 0 Å². The first kappa shape index (κ1) is 20.9. The number of rotatable bonds is 7. The maximum absolute atomic E-state index is 12.7.